The van der Waals surface area contributed by atoms with Crippen LogP contribution in [-0.4, -0.2) is 6.61 Å². The van der Waals surface area contributed by atoms with Gasteiger partial charge in [0.15, 0.2) is 0 Å². The van der Waals surface area contributed by atoms with Gasteiger partial charge in [0.1, 0.15) is 6.10 Å². The average Bonchev–Trinajstić information content (AvgIpc) is 2.48. The molecule has 1 heterocycles. The van der Waals surface area contributed by atoms with Gasteiger partial charge in [0.25, 0.3) is 0 Å². The fourth-order valence-corrected chi connectivity index (χ4v) is 2.59. The molecule has 0 amide bonds. The van der Waals surface area contributed by atoms with Gasteiger partial charge < -0.3 is 4.74 Å². The van der Waals surface area contributed by atoms with Gasteiger partial charge in [-0.2, -0.15) is 0 Å². The molecule has 0 saturated heterocycles. The lowest BCUT2D eigenvalue weighted by Gasteiger charge is -2.10. The second-order valence-electron chi connectivity index (χ2n) is 3.00. The first-order chi connectivity index (χ1) is 6.68. The predicted octanol–water partition coefficient (Wildman–Crippen LogP) is 4.45. The Morgan fingerprint density at radius 3 is 2.86 bits per heavy atom. The Morgan fingerprint density at radius 2 is 2.29 bits per heavy atom. The van der Waals surface area contributed by atoms with E-state index < -0.39 is 0 Å². The van der Waals surface area contributed by atoms with E-state index in [-0.39, 0.29) is 6.10 Å². The summed E-state index contributed by atoms with van der Waals surface area (Å²) in [5, 5.41) is 0.748. The normalized spacial score (nSPS) is 21.8. The third-order valence-corrected chi connectivity index (χ3v) is 4.87. The van der Waals surface area contributed by atoms with E-state index in [4.69, 9.17) is 16.3 Å². The zero-order chi connectivity index (χ0) is 10.1. The van der Waals surface area contributed by atoms with Crippen molar-refractivity contribution in [3.05, 3.63) is 42.9 Å². The van der Waals surface area contributed by atoms with Crippen LogP contribution in [0.5, 0.6) is 0 Å². The summed E-state index contributed by atoms with van der Waals surface area (Å²) >= 11 is 11.7. The molecule has 0 spiro atoms. The second kappa shape index (κ2) is 4.51. The molecule has 0 N–H and O–H groups in total. The van der Waals surface area contributed by atoms with Crippen LogP contribution in [0.15, 0.2) is 32.3 Å². The molecule has 0 fully saturated rings. The summed E-state index contributed by atoms with van der Waals surface area (Å²) in [4.78, 5) is 0. The van der Waals surface area contributed by atoms with Crippen LogP contribution in [0.4, 0.5) is 0 Å². The summed E-state index contributed by atoms with van der Waals surface area (Å²) in [7, 11) is 0. The third kappa shape index (κ3) is 2.15. The molecule has 0 aliphatic carbocycles. The number of benzene rings is 1. The smallest absolute Gasteiger partial charge is 0.115 e. The van der Waals surface area contributed by atoms with Gasteiger partial charge in [0.2, 0.25) is 0 Å². The Hall–Kier alpha value is 0.420. The zero-order valence-corrected chi connectivity index (χ0v) is 11.6. The number of hydrogen-bond acceptors (Lipinski definition) is 1. The standard InChI is InChI=1S/C10H7BrClIO/c11-8-5-14-10(9(8)13)6-2-1-3-7(12)4-6/h1-4,10H,5H2. The molecule has 1 aliphatic heterocycles. The van der Waals surface area contributed by atoms with Crippen LogP contribution in [0.3, 0.4) is 0 Å². The molecule has 4 heteroatoms. The molecular formula is C10H7BrClIO. The van der Waals surface area contributed by atoms with Crippen LogP contribution in [0.2, 0.25) is 5.02 Å². The van der Waals surface area contributed by atoms with Gasteiger partial charge in [-0.1, -0.05) is 39.7 Å². The summed E-state index contributed by atoms with van der Waals surface area (Å²) in [6.07, 6.45) is 0.0451. The monoisotopic (exact) mass is 384 g/mol. The molecule has 0 radical (unpaired) electrons. The summed E-state index contributed by atoms with van der Waals surface area (Å²) in [5.41, 5.74) is 1.11. The molecule has 74 valence electrons. The molecule has 1 atom stereocenters. The van der Waals surface area contributed by atoms with E-state index in [1.54, 1.807) is 0 Å². The van der Waals surface area contributed by atoms with Gasteiger partial charge in [-0.25, -0.2) is 0 Å². The van der Waals surface area contributed by atoms with Crippen molar-refractivity contribution >= 4 is 50.1 Å². The first-order valence-corrected chi connectivity index (χ1v) is 6.34. The largest absolute Gasteiger partial charge is 0.363 e. The lowest BCUT2D eigenvalue weighted by molar-refractivity contribution is 0.128. The van der Waals surface area contributed by atoms with Crippen LogP contribution in [0.25, 0.3) is 0 Å². The Kier molecular flexibility index (Phi) is 3.52. The Bertz CT molecular complexity index is 391. The van der Waals surface area contributed by atoms with Crippen LogP contribution >= 0.6 is 50.1 Å². The van der Waals surface area contributed by atoms with Crippen LogP contribution in [-0.2, 0) is 4.74 Å². The van der Waals surface area contributed by atoms with Crippen molar-refractivity contribution in [3.63, 3.8) is 0 Å². The maximum atomic E-state index is 5.92. The van der Waals surface area contributed by atoms with Crippen molar-refractivity contribution < 1.29 is 4.74 Å². The maximum absolute atomic E-state index is 5.92. The van der Waals surface area contributed by atoms with Crippen molar-refractivity contribution in [3.8, 4) is 0 Å². The third-order valence-electron chi connectivity index (χ3n) is 2.02. The molecular weight excluding hydrogens is 378 g/mol. The van der Waals surface area contributed by atoms with E-state index >= 15 is 0 Å². The SMILES string of the molecule is Clc1cccc(C2OCC(Br)=C2I)c1. The fourth-order valence-electron chi connectivity index (χ4n) is 1.35. The fraction of sp³-hybridized carbons (Fsp3) is 0.200. The summed E-state index contributed by atoms with van der Waals surface area (Å²) in [5.74, 6) is 0. The van der Waals surface area contributed by atoms with E-state index in [1.807, 2.05) is 24.3 Å². The summed E-state index contributed by atoms with van der Waals surface area (Å²) < 4.78 is 7.96. The highest BCUT2D eigenvalue weighted by Gasteiger charge is 2.24. The van der Waals surface area contributed by atoms with E-state index in [1.165, 1.54) is 3.58 Å². The van der Waals surface area contributed by atoms with Gasteiger partial charge >= 0.3 is 0 Å². The molecule has 1 aromatic rings. The Labute approximate surface area is 110 Å². The van der Waals surface area contributed by atoms with Gasteiger partial charge in [-0.15, -0.1) is 0 Å². The van der Waals surface area contributed by atoms with Crippen LogP contribution in [0.1, 0.15) is 11.7 Å². The molecule has 0 saturated carbocycles. The molecule has 0 aromatic heterocycles. The zero-order valence-electron chi connectivity index (χ0n) is 7.14. The number of halogens is 3. The van der Waals surface area contributed by atoms with Gasteiger partial charge in [-0.3, -0.25) is 0 Å². The van der Waals surface area contributed by atoms with Crippen molar-refractivity contribution in [1.29, 1.82) is 0 Å². The first kappa shape index (κ1) is 10.9. The van der Waals surface area contributed by atoms with Gasteiger partial charge in [-0.05, 0) is 40.3 Å². The average molecular weight is 385 g/mol. The first-order valence-electron chi connectivity index (χ1n) is 4.09. The minimum Gasteiger partial charge on any atom is -0.363 e. The number of rotatable bonds is 1. The number of ether oxygens (including phenoxy) is 1. The Morgan fingerprint density at radius 1 is 1.50 bits per heavy atom. The van der Waals surface area contributed by atoms with E-state index in [0.29, 0.717) is 6.61 Å². The minimum absolute atomic E-state index is 0.0451. The quantitative estimate of drug-likeness (QED) is 0.649. The highest BCUT2D eigenvalue weighted by atomic mass is 127. The Balaban J connectivity index is 2.33. The van der Waals surface area contributed by atoms with E-state index in [0.717, 1.165) is 15.1 Å². The summed E-state index contributed by atoms with van der Waals surface area (Å²) in [6.45, 7) is 0.648. The van der Waals surface area contributed by atoms with E-state index in [9.17, 15) is 0 Å². The van der Waals surface area contributed by atoms with Crippen molar-refractivity contribution in [2.75, 3.05) is 6.61 Å². The minimum atomic E-state index is 0.0451. The van der Waals surface area contributed by atoms with Crippen molar-refractivity contribution in [1.82, 2.24) is 0 Å². The van der Waals surface area contributed by atoms with Crippen LogP contribution < -0.4 is 0 Å². The molecule has 14 heavy (non-hydrogen) atoms. The molecule has 1 unspecified atom stereocenters. The predicted molar refractivity (Wildman–Crippen MR) is 70.1 cm³/mol. The molecule has 2 rings (SSSR count). The number of hydrogen-bond donors (Lipinski definition) is 0. The van der Waals surface area contributed by atoms with Crippen molar-refractivity contribution in [2.24, 2.45) is 0 Å². The topological polar surface area (TPSA) is 9.23 Å². The van der Waals surface area contributed by atoms with Gasteiger partial charge in [0, 0.05) is 13.1 Å². The lowest BCUT2D eigenvalue weighted by Crippen LogP contribution is -1.97. The molecule has 1 aromatic carbocycles. The molecule has 1 aliphatic rings. The van der Waals surface area contributed by atoms with Gasteiger partial charge in [0.05, 0.1) is 6.61 Å². The van der Waals surface area contributed by atoms with Crippen molar-refractivity contribution in [2.45, 2.75) is 6.10 Å². The second-order valence-corrected chi connectivity index (χ2v) is 5.55. The highest BCUT2D eigenvalue weighted by Crippen LogP contribution is 2.40. The van der Waals surface area contributed by atoms with E-state index in [2.05, 4.69) is 38.5 Å². The lowest BCUT2D eigenvalue weighted by atomic mass is 10.1. The van der Waals surface area contributed by atoms with Crippen LogP contribution in [0, 0.1) is 0 Å². The summed E-state index contributed by atoms with van der Waals surface area (Å²) in [6, 6.07) is 7.78. The highest BCUT2D eigenvalue weighted by molar-refractivity contribution is 14.1. The molecule has 0 bridgehead atoms. The molecule has 1 nitrogen and oxygen atoms in total. The maximum Gasteiger partial charge on any atom is 0.115 e.